The maximum absolute atomic E-state index is 14.0. The molecular formula is C27H25F2N3O3S2. The minimum atomic E-state index is -1.49. The second-order valence-electron chi connectivity index (χ2n) is 8.26. The van der Waals surface area contributed by atoms with Gasteiger partial charge in [0, 0.05) is 12.6 Å². The summed E-state index contributed by atoms with van der Waals surface area (Å²) in [5.74, 6) is -0.498. The summed E-state index contributed by atoms with van der Waals surface area (Å²) in [6.45, 7) is 2.15. The molecule has 0 saturated carbocycles. The Morgan fingerprint density at radius 1 is 1.08 bits per heavy atom. The summed E-state index contributed by atoms with van der Waals surface area (Å²) in [7, 11) is 3.22. The van der Waals surface area contributed by atoms with Gasteiger partial charge >= 0.3 is 0 Å². The molecule has 1 aromatic heterocycles. The van der Waals surface area contributed by atoms with Crippen LogP contribution in [0.25, 0.3) is 11.1 Å². The molecule has 0 aliphatic heterocycles. The Kier molecular flexibility index (Phi) is 8.55. The Bertz CT molecular complexity index is 1380. The molecular weight excluding hydrogens is 516 g/mol. The number of anilines is 1. The Morgan fingerprint density at radius 2 is 1.76 bits per heavy atom. The first kappa shape index (κ1) is 26.7. The van der Waals surface area contributed by atoms with Crippen molar-refractivity contribution in [3.8, 4) is 16.9 Å². The van der Waals surface area contributed by atoms with Gasteiger partial charge in [-0.15, -0.1) is 4.72 Å². The number of amides is 1. The van der Waals surface area contributed by atoms with Crippen LogP contribution < -0.4 is 14.4 Å². The van der Waals surface area contributed by atoms with Gasteiger partial charge in [-0.2, -0.15) is 0 Å². The highest BCUT2D eigenvalue weighted by molar-refractivity contribution is 7.91. The van der Waals surface area contributed by atoms with Crippen molar-refractivity contribution in [2.24, 2.45) is 0 Å². The molecule has 4 aromatic rings. The van der Waals surface area contributed by atoms with Crippen LogP contribution in [0.4, 0.5) is 13.9 Å². The number of thiazole rings is 1. The molecule has 1 atom stereocenters. The van der Waals surface area contributed by atoms with Crippen molar-refractivity contribution in [3.05, 3.63) is 95.2 Å². The molecule has 0 fully saturated rings. The van der Waals surface area contributed by atoms with E-state index in [2.05, 4.69) is 9.71 Å². The zero-order chi connectivity index (χ0) is 26.5. The van der Waals surface area contributed by atoms with E-state index in [0.29, 0.717) is 27.1 Å². The molecule has 0 spiro atoms. The number of hydrogen-bond acceptors (Lipinski definition) is 6. The van der Waals surface area contributed by atoms with Crippen LogP contribution in [0, 0.1) is 18.6 Å². The van der Waals surface area contributed by atoms with E-state index in [4.69, 9.17) is 4.74 Å². The first-order valence-electron chi connectivity index (χ1n) is 11.3. The van der Waals surface area contributed by atoms with Crippen molar-refractivity contribution >= 4 is 33.7 Å². The maximum atomic E-state index is 14.0. The number of nitrogens with one attached hydrogen (secondary N) is 1. The molecule has 1 N–H and O–H groups in total. The molecule has 1 amide bonds. The van der Waals surface area contributed by atoms with Crippen LogP contribution in [-0.2, 0) is 29.1 Å². The van der Waals surface area contributed by atoms with Crippen LogP contribution in [-0.4, -0.2) is 29.6 Å². The van der Waals surface area contributed by atoms with Crippen molar-refractivity contribution in [1.82, 2.24) is 9.71 Å². The van der Waals surface area contributed by atoms with Gasteiger partial charge in [0.25, 0.3) is 4.21 Å². The molecule has 1 heterocycles. The number of aromatic nitrogens is 1. The fourth-order valence-electron chi connectivity index (χ4n) is 3.56. The Balaban J connectivity index is 1.38. The number of benzene rings is 3. The van der Waals surface area contributed by atoms with Crippen molar-refractivity contribution < 1.29 is 22.9 Å². The minimum Gasteiger partial charge on any atom is -0.592 e. The molecule has 37 heavy (non-hydrogen) atoms. The van der Waals surface area contributed by atoms with E-state index in [9.17, 15) is 18.1 Å². The molecule has 192 valence electrons. The smallest absolute Gasteiger partial charge is 0.252 e. The topological polar surface area (TPSA) is 77.5 Å². The monoisotopic (exact) mass is 541 g/mol. The van der Waals surface area contributed by atoms with E-state index in [1.807, 2.05) is 24.3 Å². The van der Waals surface area contributed by atoms with Crippen molar-refractivity contribution in [2.75, 3.05) is 19.1 Å². The largest absolute Gasteiger partial charge is 0.592 e. The number of ether oxygens (including phenoxy) is 1. The summed E-state index contributed by atoms with van der Waals surface area (Å²) in [6.07, 6.45) is 0.0924. The molecule has 0 radical (unpaired) electrons. The summed E-state index contributed by atoms with van der Waals surface area (Å²) in [6, 6.07) is 17.5. The predicted octanol–water partition coefficient (Wildman–Crippen LogP) is 5.42. The number of methoxy groups -OCH3 is 1. The fraction of sp³-hybridized carbons (Fsp3) is 0.185. The molecule has 0 saturated heterocycles. The van der Waals surface area contributed by atoms with E-state index in [0.717, 1.165) is 35.1 Å². The number of likely N-dealkylation sites (N-methyl/N-ethyl adjacent to an activating group) is 1. The summed E-state index contributed by atoms with van der Waals surface area (Å²) in [4.78, 5) is 18.8. The minimum absolute atomic E-state index is 0.0924. The fourth-order valence-corrected chi connectivity index (χ4v) is 5.79. The Hall–Kier alpha value is -3.31. The van der Waals surface area contributed by atoms with Gasteiger partial charge in [-0.25, -0.2) is 13.8 Å². The van der Waals surface area contributed by atoms with E-state index in [1.54, 1.807) is 45.3 Å². The van der Waals surface area contributed by atoms with Gasteiger partial charge in [0.1, 0.15) is 23.1 Å². The molecule has 0 aliphatic carbocycles. The van der Waals surface area contributed by atoms with Crippen molar-refractivity contribution in [2.45, 2.75) is 24.1 Å². The molecule has 10 heteroatoms. The number of nitrogens with zero attached hydrogens (tertiary/aromatic N) is 2. The van der Waals surface area contributed by atoms with Crippen LogP contribution in [0.5, 0.6) is 5.75 Å². The number of halogens is 2. The predicted molar refractivity (Wildman–Crippen MR) is 142 cm³/mol. The highest BCUT2D eigenvalue weighted by Gasteiger charge is 2.24. The second-order valence-corrected chi connectivity index (χ2v) is 10.7. The SMILES string of the molecule is COc1ccc(CN[S+]([O-])c2sc(N(C)C(=O)Cc3ccc(-c4cc(F)ccc4F)cc3)nc2C)cc1. The molecule has 3 aromatic carbocycles. The Morgan fingerprint density at radius 3 is 2.43 bits per heavy atom. The normalized spacial score (nSPS) is 11.8. The van der Waals surface area contributed by atoms with E-state index in [1.165, 1.54) is 16.2 Å². The second kappa shape index (κ2) is 11.8. The van der Waals surface area contributed by atoms with E-state index in [-0.39, 0.29) is 17.9 Å². The van der Waals surface area contributed by atoms with Crippen LogP contribution in [0.1, 0.15) is 16.8 Å². The lowest BCUT2D eigenvalue weighted by atomic mass is 10.0. The molecule has 0 aliphatic rings. The maximum Gasteiger partial charge on any atom is 0.252 e. The van der Waals surface area contributed by atoms with Crippen molar-refractivity contribution in [1.29, 1.82) is 0 Å². The standard InChI is InChI=1S/C27H25F2N3O3S2/c1-17-26(37(34)30-16-19-6-11-22(35-3)12-7-19)36-27(31-17)32(2)25(33)14-18-4-8-20(9-5-18)23-15-21(28)10-13-24(23)29/h4-13,15,30H,14,16H2,1-3H3. The number of aryl methyl sites for hydroxylation is 1. The van der Waals surface area contributed by atoms with Gasteiger partial charge in [0.2, 0.25) is 5.91 Å². The van der Waals surface area contributed by atoms with Crippen LogP contribution in [0.15, 0.2) is 70.9 Å². The van der Waals surface area contributed by atoms with Gasteiger partial charge in [-0.1, -0.05) is 36.4 Å². The van der Waals surface area contributed by atoms with Gasteiger partial charge in [-0.3, -0.25) is 9.69 Å². The number of rotatable bonds is 9. The zero-order valence-electron chi connectivity index (χ0n) is 20.5. The lowest BCUT2D eigenvalue weighted by Gasteiger charge is -2.14. The van der Waals surface area contributed by atoms with Gasteiger partial charge in [0.15, 0.2) is 5.13 Å². The third kappa shape index (κ3) is 6.53. The van der Waals surface area contributed by atoms with E-state index < -0.39 is 23.0 Å². The average Bonchev–Trinajstić information content (AvgIpc) is 3.30. The number of carbonyl (C=O) groups is 1. The van der Waals surface area contributed by atoms with Gasteiger partial charge < -0.3 is 9.29 Å². The first-order valence-corrected chi connectivity index (χ1v) is 13.3. The van der Waals surface area contributed by atoms with Gasteiger partial charge in [0.05, 0.1) is 31.4 Å². The van der Waals surface area contributed by atoms with Crippen LogP contribution in [0.2, 0.25) is 0 Å². The van der Waals surface area contributed by atoms with Crippen LogP contribution >= 0.6 is 11.3 Å². The quantitative estimate of drug-likeness (QED) is 0.286. The summed E-state index contributed by atoms with van der Waals surface area (Å²) < 4.78 is 49.1. The third-order valence-electron chi connectivity index (χ3n) is 5.69. The lowest BCUT2D eigenvalue weighted by Crippen LogP contribution is -2.27. The molecule has 1 unspecified atom stereocenters. The average molecular weight is 542 g/mol. The van der Waals surface area contributed by atoms with Crippen molar-refractivity contribution in [3.63, 3.8) is 0 Å². The third-order valence-corrected chi connectivity index (χ3v) is 8.46. The van der Waals surface area contributed by atoms with E-state index >= 15 is 0 Å². The summed E-state index contributed by atoms with van der Waals surface area (Å²) in [5, 5.41) is 0.440. The molecule has 4 rings (SSSR count). The summed E-state index contributed by atoms with van der Waals surface area (Å²) in [5.41, 5.74) is 2.94. The van der Waals surface area contributed by atoms with Gasteiger partial charge in [-0.05, 0) is 65.3 Å². The molecule has 0 bridgehead atoms. The molecule has 6 nitrogen and oxygen atoms in total. The highest BCUT2D eigenvalue weighted by atomic mass is 32.2. The summed E-state index contributed by atoms with van der Waals surface area (Å²) >= 11 is -0.302. The Labute approximate surface area is 221 Å². The number of carbonyl (C=O) groups excluding carboxylic acids is 1. The lowest BCUT2D eigenvalue weighted by molar-refractivity contribution is -0.117. The van der Waals surface area contributed by atoms with Crippen LogP contribution in [0.3, 0.4) is 0 Å². The highest BCUT2D eigenvalue weighted by Crippen LogP contribution is 2.30. The first-order chi connectivity index (χ1) is 17.7. The zero-order valence-corrected chi connectivity index (χ0v) is 22.1. The number of hydrogen-bond donors (Lipinski definition) is 1.